The number of rotatable bonds is 6. The molecule has 7 heteroatoms. The molecule has 0 aliphatic carbocycles. The van der Waals surface area contributed by atoms with Crippen LogP contribution in [-0.4, -0.2) is 23.7 Å². The maximum absolute atomic E-state index is 11.0. The van der Waals surface area contributed by atoms with Gasteiger partial charge in [0.2, 0.25) is 5.69 Å². The molecule has 0 aliphatic heterocycles. The summed E-state index contributed by atoms with van der Waals surface area (Å²) < 4.78 is 6.87. The van der Waals surface area contributed by atoms with Crippen LogP contribution in [0, 0.1) is 17.9 Å². The van der Waals surface area contributed by atoms with Crippen molar-refractivity contribution in [3.05, 3.63) is 229 Å². The number of nitriles is 1. The molecule has 0 atom stereocenters. The molecule has 67 heavy (non-hydrogen) atoms. The van der Waals surface area contributed by atoms with Gasteiger partial charge in [0.25, 0.3) is 0 Å². The van der Waals surface area contributed by atoms with E-state index in [0.717, 1.165) is 93.6 Å². The first-order valence-corrected chi connectivity index (χ1v) is 22.2. The fourth-order valence-corrected chi connectivity index (χ4v) is 10.2. The van der Waals surface area contributed by atoms with Crippen LogP contribution < -0.4 is 0 Å². The van der Waals surface area contributed by atoms with Crippen LogP contribution in [0.25, 0.3) is 121 Å². The fourth-order valence-electron chi connectivity index (χ4n) is 10.2. The van der Waals surface area contributed by atoms with E-state index < -0.39 is 0 Å². The van der Waals surface area contributed by atoms with E-state index in [0.29, 0.717) is 34.0 Å². The molecule has 310 valence electrons. The van der Waals surface area contributed by atoms with Crippen molar-refractivity contribution < 1.29 is 0 Å². The summed E-state index contributed by atoms with van der Waals surface area (Å²) in [5.41, 5.74) is 13.1. The van der Waals surface area contributed by atoms with E-state index in [1.54, 1.807) is 0 Å². The predicted octanol–water partition coefficient (Wildman–Crippen LogP) is 15.2. The van der Waals surface area contributed by atoms with Crippen LogP contribution in [-0.2, 0) is 0 Å². The highest BCUT2D eigenvalue weighted by molar-refractivity contribution is 6.24. The van der Waals surface area contributed by atoms with Crippen LogP contribution in [0.2, 0.25) is 0 Å². The third kappa shape index (κ3) is 5.76. The molecule has 0 aliphatic rings. The highest BCUT2D eigenvalue weighted by Gasteiger charge is 2.25. The largest absolute Gasteiger partial charge is 0.317 e. The zero-order chi connectivity index (χ0) is 44.6. The van der Waals surface area contributed by atoms with Gasteiger partial charge in [0.15, 0.2) is 5.82 Å². The summed E-state index contributed by atoms with van der Waals surface area (Å²) in [5, 5.41) is 17.7. The third-order valence-corrected chi connectivity index (χ3v) is 13.1. The lowest BCUT2D eigenvalue weighted by molar-refractivity contribution is 1.15. The second-order valence-corrected chi connectivity index (χ2v) is 16.7. The Morgan fingerprint density at radius 2 is 0.866 bits per heavy atom. The van der Waals surface area contributed by atoms with Crippen LogP contribution in [0.3, 0.4) is 0 Å². The normalized spacial score (nSPS) is 11.6. The Morgan fingerprint density at radius 3 is 1.48 bits per heavy atom. The molecule has 0 saturated carbocycles. The van der Waals surface area contributed by atoms with Crippen LogP contribution in [0.15, 0.2) is 212 Å². The van der Waals surface area contributed by atoms with Gasteiger partial charge in [0.05, 0.1) is 56.7 Å². The molecule has 0 spiro atoms. The first-order valence-electron chi connectivity index (χ1n) is 22.2. The molecule has 13 aromatic rings. The molecule has 0 N–H and O–H groups in total. The van der Waals surface area contributed by atoms with Crippen LogP contribution in [0.1, 0.15) is 5.56 Å². The van der Waals surface area contributed by atoms with Crippen molar-refractivity contribution in [2.24, 2.45) is 0 Å². The summed E-state index contributed by atoms with van der Waals surface area (Å²) in [7, 11) is 0. The van der Waals surface area contributed by atoms with Crippen molar-refractivity contribution in [3.8, 4) is 57.0 Å². The van der Waals surface area contributed by atoms with Crippen molar-refractivity contribution in [2.75, 3.05) is 0 Å². The Bertz CT molecular complexity index is 4220. The van der Waals surface area contributed by atoms with Crippen LogP contribution in [0.4, 0.5) is 5.69 Å². The smallest absolute Gasteiger partial charge is 0.211 e. The maximum Gasteiger partial charge on any atom is 0.211 e. The molecule has 7 nitrogen and oxygen atoms in total. The second kappa shape index (κ2) is 15.0. The van der Waals surface area contributed by atoms with Gasteiger partial charge in [0.1, 0.15) is 11.6 Å². The van der Waals surface area contributed by atoms with E-state index in [-0.39, 0.29) is 0 Å². The van der Waals surface area contributed by atoms with Crippen molar-refractivity contribution in [2.45, 2.75) is 0 Å². The number of hydrogen-bond acceptors (Lipinski definition) is 3. The van der Waals surface area contributed by atoms with E-state index in [9.17, 15) is 5.26 Å². The number of hydrogen-bond donors (Lipinski definition) is 0. The van der Waals surface area contributed by atoms with Gasteiger partial charge < -0.3 is 13.7 Å². The Morgan fingerprint density at radius 1 is 0.403 bits per heavy atom. The quantitative estimate of drug-likeness (QED) is 0.156. The molecule has 0 amide bonds. The lowest BCUT2D eigenvalue weighted by atomic mass is 9.99. The first-order chi connectivity index (χ1) is 33.2. The molecule has 0 fully saturated rings. The fraction of sp³-hybridized carbons (Fsp3) is 0. The molecular formula is C60H35N7. The first kappa shape index (κ1) is 37.9. The number of nitrogens with zero attached hydrogens (tertiary/aromatic N) is 7. The van der Waals surface area contributed by atoms with Gasteiger partial charge in [-0.05, 0) is 66.2 Å². The minimum Gasteiger partial charge on any atom is -0.317 e. The monoisotopic (exact) mass is 853 g/mol. The van der Waals surface area contributed by atoms with E-state index in [1.807, 2.05) is 60.7 Å². The van der Waals surface area contributed by atoms with E-state index >= 15 is 0 Å². The summed E-state index contributed by atoms with van der Waals surface area (Å²) in [6.07, 6.45) is 0. The molecule has 13 rings (SSSR count). The van der Waals surface area contributed by atoms with Gasteiger partial charge in [-0.3, -0.25) is 0 Å². The van der Waals surface area contributed by atoms with Crippen molar-refractivity contribution in [1.82, 2.24) is 23.7 Å². The Kier molecular flexibility index (Phi) is 8.51. The van der Waals surface area contributed by atoms with E-state index in [4.69, 9.17) is 16.5 Å². The predicted molar refractivity (Wildman–Crippen MR) is 272 cm³/mol. The summed E-state index contributed by atoms with van der Waals surface area (Å²) in [6, 6.07) is 75.2. The molecule has 0 saturated heterocycles. The maximum atomic E-state index is 11.0. The highest BCUT2D eigenvalue weighted by Crippen LogP contribution is 2.44. The van der Waals surface area contributed by atoms with Crippen molar-refractivity contribution >= 4 is 71.1 Å². The molecule has 4 heterocycles. The molecule has 0 radical (unpaired) electrons. The second-order valence-electron chi connectivity index (χ2n) is 16.7. The summed E-state index contributed by atoms with van der Waals surface area (Å²) >= 11 is 0. The summed E-state index contributed by atoms with van der Waals surface area (Å²) in [4.78, 5) is 14.7. The highest BCUT2D eigenvalue weighted by atomic mass is 15.1. The van der Waals surface area contributed by atoms with Gasteiger partial charge in [0, 0.05) is 54.8 Å². The SMILES string of the molecule is [C-]#[N+]c1cc(-c2nc(-c3ccc4c5ccccc5n(-c5ccccc5)c4c3)nc(-c3ccccc3)c2C#N)ccc1-n1c2ccccc2c2ccc3c4ccccc4n(-c4ccccc4)c3c21. The Balaban J connectivity index is 1.06. The van der Waals surface area contributed by atoms with Crippen molar-refractivity contribution in [3.63, 3.8) is 0 Å². The molecular weight excluding hydrogens is 819 g/mol. The number of aromatic nitrogens is 5. The van der Waals surface area contributed by atoms with Gasteiger partial charge in [-0.1, -0.05) is 152 Å². The molecule has 4 aromatic heterocycles. The molecule has 9 aromatic carbocycles. The third-order valence-electron chi connectivity index (χ3n) is 13.1. The van der Waals surface area contributed by atoms with Gasteiger partial charge in [-0.25, -0.2) is 14.8 Å². The number of benzene rings is 9. The standard InChI is InChI=1S/C60H35N7/c1-62-50-35-39(30-34-54(50)67-53-28-16-13-25-45(53)48-33-32-47-44-24-12-15-27-52(44)66(58(47)59(48)67)42-21-9-4-10-22-42)57-49(37-61)56(38-17-5-2-6-18-38)63-60(64-57)40-29-31-46-43-23-11-14-26-51(43)65(55(46)36-40)41-19-7-3-8-20-41/h2-36H. The average Bonchev–Trinajstić information content (AvgIpc) is 4.04. The van der Waals surface area contributed by atoms with Gasteiger partial charge in [-0.2, -0.15) is 5.26 Å². The summed E-state index contributed by atoms with van der Waals surface area (Å²) in [6.45, 7) is 8.76. The van der Waals surface area contributed by atoms with Crippen LogP contribution >= 0.6 is 0 Å². The van der Waals surface area contributed by atoms with Crippen LogP contribution in [0.5, 0.6) is 0 Å². The Labute approximate surface area is 384 Å². The average molecular weight is 854 g/mol. The van der Waals surface area contributed by atoms with E-state index in [1.165, 1.54) is 0 Å². The lowest BCUT2D eigenvalue weighted by Crippen LogP contribution is -2.02. The topological polar surface area (TPSA) is 68.7 Å². The summed E-state index contributed by atoms with van der Waals surface area (Å²) in [5.74, 6) is 0.478. The van der Waals surface area contributed by atoms with E-state index in [2.05, 4.69) is 176 Å². The minimum absolute atomic E-state index is 0.337. The zero-order valence-corrected chi connectivity index (χ0v) is 35.8. The zero-order valence-electron chi connectivity index (χ0n) is 35.8. The lowest BCUT2D eigenvalue weighted by Gasteiger charge is -2.16. The minimum atomic E-state index is 0.337. The van der Waals surface area contributed by atoms with Gasteiger partial charge >= 0.3 is 0 Å². The molecule has 0 unspecified atom stereocenters. The molecule has 0 bridgehead atoms. The van der Waals surface area contributed by atoms with Gasteiger partial charge in [-0.15, -0.1) is 0 Å². The number of para-hydroxylation sites is 5. The van der Waals surface area contributed by atoms with Crippen molar-refractivity contribution in [1.29, 1.82) is 5.26 Å². The Hall–Kier alpha value is -9.56. The number of fused-ring (bicyclic) bond motifs is 10.